The molecule has 18 heavy (non-hydrogen) atoms. The van der Waals surface area contributed by atoms with Gasteiger partial charge in [0.1, 0.15) is 5.54 Å². The molecule has 0 saturated carbocycles. The number of carbonyl (C=O) groups is 1. The van der Waals surface area contributed by atoms with E-state index in [0.717, 1.165) is 4.47 Å². The highest BCUT2D eigenvalue weighted by Crippen LogP contribution is 2.23. The number of rotatable bonds is 6. The molecule has 1 rings (SSSR count). The number of azide groups is 1. The van der Waals surface area contributed by atoms with E-state index in [4.69, 9.17) is 5.53 Å². The zero-order valence-corrected chi connectivity index (χ0v) is 11.4. The normalized spacial score (nSPS) is 13.4. The quantitative estimate of drug-likeness (QED) is 0.365. The Morgan fingerprint density at radius 3 is 2.67 bits per heavy atom. The maximum absolute atomic E-state index is 11.4. The van der Waals surface area contributed by atoms with Gasteiger partial charge in [-0.05, 0) is 30.2 Å². The van der Waals surface area contributed by atoms with Crippen molar-refractivity contribution in [2.75, 3.05) is 13.1 Å². The Hall–Kier alpha value is -1.56. The highest BCUT2D eigenvalue weighted by molar-refractivity contribution is 9.10. The molecule has 0 fully saturated rings. The SMILES string of the molecule is CC(NCCN=[N+]=[N-])(C(=O)O)c1ccc(Br)cc1. The van der Waals surface area contributed by atoms with E-state index in [2.05, 4.69) is 31.3 Å². The summed E-state index contributed by atoms with van der Waals surface area (Å²) in [6.07, 6.45) is 0. The summed E-state index contributed by atoms with van der Waals surface area (Å²) in [5.41, 5.74) is 7.60. The van der Waals surface area contributed by atoms with Crippen LogP contribution in [0.3, 0.4) is 0 Å². The number of nitrogens with one attached hydrogen (secondary N) is 1. The van der Waals surface area contributed by atoms with Crippen molar-refractivity contribution in [3.63, 3.8) is 0 Å². The molecule has 1 unspecified atom stereocenters. The summed E-state index contributed by atoms with van der Waals surface area (Å²) in [7, 11) is 0. The Morgan fingerprint density at radius 2 is 2.17 bits per heavy atom. The monoisotopic (exact) mass is 312 g/mol. The number of aliphatic carboxylic acids is 1. The summed E-state index contributed by atoms with van der Waals surface area (Å²) in [6.45, 7) is 2.08. The second-order valence-corrected chi connectivity index (χ2v) is 4.73. The smallest absolute Gasteiger partial charge is 0.328 e. The summed E-state index contributed by atoms with van der Waals surface area (Å²) < 4.78 is 0.882. The molecule has 0 aliphatic heterocycles. The fraction of sp³-hybridized carbons (Fsp3) is 0.364. The van der Waals surface area contributed by atoms with E-state index in [1.54, 1.807) is 31.2 Å². The highest BCUT2D eigenvalue weighted by atomic mass is 79.9. The first-order valence-electron chi connectivity index (χ1n) is 5.26. The lowest BCUT2D eigenvalue weighted by atomic mass is 9.92. The Balaban J connectivity index is 2.89. The third-order valence-corrected chi connectivity index (χ3v) is 3.13. The van der Waals surface area contributed by atoms with Gasteiger partial charge < -0.3 is 5.11 Å². The minimum atomic E-state index is -1.20. The summed E-state index contributed by atoms with van der Waals surface area (Å²) in [5.74, 6) is -0.981. The fourth-order valence-electron chi connectivity index (χ4n) is 1.48. The third kappa shape index (κ3) is 3.46. The summed E-state index contributed by atoms with van der Waals surface area (Å²) in [4.78, 5) is 14.0. The first-order valence-corrected chi connectivity index (χ1v) is 6.05. The number of hydrogen-bond donors (Lipinski definition) is 2. The number of nitrogens with zero attached hydrogens (tertiary/aromatic N) is 3. The Morgan fingerprint density at radius 1 is 1.56 bits per heavy atom. The van der Waals surface area contributed by atoms with Crippen LogP contribution in [0.25, 0.3) is 10.4 Å². The van der Waals surface area contributed by atoms with E-state index in [0.29, 0.717) is 12.1 Å². The molecule has 1 atom stereocenters. The molecule has 0 radical (unpaired) electrons. The molecule has 0 aliphatic rings. The van der Waals surface area contributed by atoms with Crippen molar-refractivity contribution in [1.82, 2.24) is 5.32 Å². The van der Waals surface area contributed by atoms with Crippen LogP contribution in [-0.4, -0.2) is 24.2 Å². The van der Waals surface area contributed by atoms with E-state index >= 15 is 0 Å². The van der Waals surface area contributed by atoms with Gasteiger partial charge in [0.2, 0.25) is 0 Å². The van der Waals surface area contributed by atoms with Gasteiger partial charge in [0.25, 0.3) is 0 Å². The second-order valence-electron chi connectivity index (χ2n) is 3.82. The van der Waals surface area contributed by atoms with Gasteiger partial charge in [0.05, 0.1) is 0 Å². The maximum Gasteiger partial charge on any atom is 0.328 e. The topological polar surface area (TPSA) is 98.1 Å². The van der Waals surface area contributed by atoms with Crippen molar-refractivity contribution < 1.29 is 9.90 Å². The van der Waals surface area contributed by atoms with Gasteiger partial charge >= 0.3 is 5.97 Å². The molecule has 0 saturated heterocycles. The zero-order chi connectivity index (χ0) is 13.6. The van der Waals surface area contributed by atoms with Crippen LogP contribution < -0.4 is 5.32 Å². The molecule has 7 heteroatoms. The first-order chi connectivity index (χ1) is 8.50. The number of carboxylic acids is 1. The lowest BCUT2D eigenvalue weighted by Gasteiger charge is -2.26. The average Bonchev–Trinajstić information content (AvgIpc) is 2.35. The lowest BCUT2D eigenvalue weighted by molar-refractivity contribution is -0.144. The van der Waals surface area contributed by atoms with Gasteiger partial charge in [-0.25, -0.2) is 4.79 Å². The van der Waals surface area contributed by atoms with Crippen LogP contribution in [-0.2, 0) is 10.3 Å². The molecule has 96 valence electrons. The van der Waals surface area contributed by atoms with E-state index in [1.165, 1.54) is 0 Å². The minimum absolute atomic E-state index is 0.204. The molecule has 6 nitrogen and oxygen atoms in total. The molecule has 0 spiro atoms. The second kappa shape index (κ2) is 6.39. The van der Waals surface area contributed by atoms with Crippen LogP contribution in [0.15, 0.2) is 33.9 Å². The first kappa shape index (κ1) is 14.5. The molecular weight excluding hydrogens is 300 g/mol. The van der Waals surface area contributed by atoms with Crippen molar-refractivity contribution in [3.8, 4) is 0 Å². The molecular formula is C11H13BrN4O2. The van der Waals surface area contributed by atoms with Gasteiger partial charge in [-0.15, -0.1) is 0 Å². The van der Waals surface area contributed by atoms with Crippen LogP contribution in [0.2, 0.25) is 0 Å². The predicted octanol–water partition coefficient (Wildman–Crippen LogP) is 2.65. The van der Waals surface area contributed by atoms with Crippen LogP contribution in [0.4, 0.5) is 0 Å². The molecule has 2 N–H and O–H groups in total. The third-order valence-electron chi connectivity index (χ3n) is 2.60. The standard InChI is InChI=1S/C11H13BrN4O2/c1-11(10(17)18,14-6-7-15-16-13)8-2-4-9(12)5-3-8/h2-5,14H,6-7H2,1H3,(H,17,18). The van der Waals surface area contributed by atoms with Crippen molar-refractivity contribution in [1.29, 1.82) is 0 Å². The lowest BCUT2D eigenvalue weighted by Crippen LogP contribution is -2.47. The average molecular weight is 313 g/mol. The van der Waals surface area contributed by atoms with E-state index in [1.807, 2.05) is 0 Å². The van der Waals surface area contributed by atoms with Crippen LogP contribution in [0, 0.1) is 0 Å². The molecule has 0 aromatic heterocycles. The van der Waals surface area contributed by atoms with Crippen LogP contribution in [0.5, 0.6) is 0 Å². The number of carboxylic acid groups (broad SMARTS) is 1. The molecule has 1 aromatic rings. The zero-order valence-electron chi connectivity index (χ0n) is 9.80. The van der Waals surface area contributed by atoms with Crippen molar-refractivity contribution in [2.24, 2.45) is 5.11 Å². The highest BCUT2D eigenvalue weighted by Gasteiger charge is 2.34. The number of hydrogen-bond acceptors (Lipinski definition) is 3. The van der Waals surface area contributed by atoms with Gasteiger partial charge in [-0.2, -0.15) is 0 Å². The maximum atomic E-state index is 11.4. The largest absolute Gasteiger partial charge is 0.480 e. The van der Waals surface area contributed by atoms with Crippen molar-refractivity contribution in [2.45, 2.75) is 12.5 Å². The van der Waals surface area contributed by atoms with Crippen LogP contribution in [0.1, 0.15) is 12.5 Å². The summed E-state index contributed by atoms with van der Waals surface area (Å²) >= 11 is 3.30. The Kier molecular flexibility index (Phi) is 5.15. The van der Waals surface area contributed by atoms with E-state index in [9.17, 15) is 9.90 Å². The van der Waals surface area contributed by atoms with Gasteiger partial charge in [0.15, 0.2) is 0 Å². The number of benzene rings is 1. The predicted molar refractivity (Wildman–Crippen MR) is 71.1 cm³/mol. The molecule has 0 bridgehead atoms. The van der Waals surface area contributed by atoms with E-state index < -0.39 is 11.5 Å². The summed E-state index contributed by atoms with van der Waals surface area (Å²) in [6, 6.07) is 7.04. The minimum Gasteiger partial charge on any atom is -0.480 e. The molecule has 0 amide bonds. The molecule has 0 heterocycles. The van der Waals surface area contributed by atoms with Gasteiger partial charge in [-0.3, -0.25) is 5.32 Å². The van der Waals surface area contributed by atoms with Gasteiger partial charge in [-0.1, -0.05) is 33.2 Å². The Labute approximate surface area is 113 Å². The van der Waals surface area contributed by atoms with E-state index in [-0.39, 0.29) is 6.54 Å². The molecule has 1 aromatic carbocycles. The van der Waals surface area contributed by atoms with Gasteiger partial charge in [0, 0.05) is 22.5 Å². The van der Waals surface area contributed by atoms with Crippen molar-refractivity contribution in [3.05, 3.63) is 44.7 Å². The number of halogens is 1. The fourth-order valence-corrected chi connectivity index (χ4v) is 1.75. The molecule has 0 aliphatic carbocycles. The van der Waals surface area contributed by atoms with Crippen LogP contribution >= 0.6 is 15.9 Å². The Bertz CT molecular complexity index is 470. The van der Waals surface area contributed by atoms with Crippen molar-refractivity contribution >= 4 is 21.9 Å². The summed E-state index contributed by atoms with van der Waals surface area (Å²) in [5, 5.41) is 15.6.